The summed E-state index contributed by atoms with van der Waals surface area (Å²) in [5.74, 6) is 0.731. The first-order valence-electron chi connectivity index (χ1n) is 9.46. The highest BCUT2D eigenvalue weighted by molar-refractivity contribution is 5.70. The minimum atomic E-state index is 0.731. The predicted octanol–water partition coefficient (Wildman–Crippen LogP) is 7.57. The third-order valence-corrected chi connectivity index (χ3v) is 4.90. The van der Waals surface area contributed by atoms with Crippen molar-refractivity contribution >= 4 is 5.57 Å². The molecular formula is C22H36. The van der Waals surface area contributed by atoms with Crippen molar-refractivity contribution in [3.63, 3.8) is 0 Å². The number of rotatable bonds is 10. The number of hydrogen-bond acceptors (Lipinski definition) is 0. The summed E-state index contributed by atoms with van der Waals surface area (Å²) >= 11 is 0. The standard InChI is InChI=1S/C22H36/c1-6-10-11-12-13-20(9-4)22(19(7-2)8-3)21-16-14-18(5)15-17-21/h14-17,20H,6-13H2,1-5H3. The van der Waals surface area contributed by atoms with Crippen LogP contribution in [0.2, 0.25) is 0 Å². The highest BCUT2D eigenvalue weighted by Gasteiger charge is 2.17. The number of benzene rings is 1. The van der Waals surface area contributed by atoms with E-state index in [1.807, 2.05) is 0 Å². The average molecular weight is 301 g/mol. The van der Waals surface area contributed by atoms with Crippen molar-refractivity contribution in [3.8, 4) is 0 Å². The summed E-state index contributed by atoms with van der Waals surface area (Å²) in [5, 5.41) is 0. The third kappa shape index (κ3) is 5.63. The lowest BCUT2D eigenvalue weighted by Crippen LogP contribution is -2.06. The molecule has 0 saturated heterocycles. The van der Waals surface area contributed by atoms with Gasteiger partial charge in [-0.05, 0) is 49.7 Å². The van der Waals surface area contributed by atoms with Crippen LogP contribution in [0.4, 0.5) is 0 Å². The minimum absolute atomic E-state index is 0.731. The van der Waals surface area contributed by atoms with Crippen LogP contribution in [0.25, 0.3) is 5.57 Å². The van der Waals surface area contributed by atoms with Crippen LogP contribution in [-0.2, 0) is 0 Å². The van der Waals surface area contributed by atoms with Crippen molar-refractivity contribution in [2.45, 2.75) is 86.0 Å². The number of hydrogen-bond donors (Lipinski definition) is 0. The van der Waals surface area contributed by atoms with Crippen LogP contribution in [0, 0.1) is 12.8 Å². The van der Waals surface area contributed by atoms with Crippen LogP contribution in [0.1, 0.15) is 90.2 Å². The zero-order valence-electron chi connectivity index (χ0n) is 15.5. The molecule has 0 bridgehead atoms. The Kier molecular flexibility index (Phi) is 9.20. The first-order valence-corrected chi connectivity index (χ1v) is 9.46. The molecule has 124 valence electrons. The normalized spacial score (nSPS) is 12.2. The van der Waals surface area contributed by atoms with Crippen LogP contribution >= 0.6 is 0 Å². The molecule has 0 aliphatic heterocycles. The van der Waals surface area contributed by atoms with E-state index in [4.69, 9.17) is 0 Å². The second-order valence-corrected chi connectivity index (χ2v) is 6.54. The lowest BCUT2D eigenvalue weighted by Gasteiger charge is -2.23. The number of aryl methyl sites for hydroxylation is 1. The van der Waals surface area contributed by atoms with E-state index in [-0.39, 0.29) is 0 Å². The Morgan fingerprint density at radius 2 is 1.50 bits per heavy atom. The first kappa shape index (κ1) is 19.0. The van der Waals surface area contributed by atoms with Crippen molar-refractivity contribution < 1.29 is 0 Å². The summed E-state index contributed by atoms with van der Waals surface area (Å²) in [5.41, 5.74) is 6.13. The molecule has 0 saturated carbocycles. The number of unbranched alkanes of at least 4 members (excludes halogenated alkanes) is 3. The van der Waals surface area contributed by atoms with Crippen LogP contribution in [0.3, 0.4) is 0 Å². The minimum Gasteiger partial charge on any atom is -0.0667 e. The molecule has 0 heterocycles. The van der Waals surface area contributed by atoms with Crippen LogP contribution < -0.4 is 0 Å². The Balaban J connectivity index is 3.02. The van der Waals surface area contributed by atoms with E-state index in [2.05, 4.69) is 58.9 Å². The van der Waals surface area contributed by atoms with E-state index in [0.717, 1.165) is 5.92 Å². The molecule has 0 fully saturated rings. The van der Waals surface area contributed by atoms with Crippen LogP contribution in [-0.4, -0.2) is 0 Å². The van der Waals surface area contributed by atoms with Gasteiger partial charge in [0.25, 0.3) is 0 Å². The van der Waals surface area contributed by atoms with Crippen molar-refractivity contribution in [2.24, 2.45) is 5.92 Å². The maximum Gasteiger partial charge on any atom is -0.0159 e. The molecule has 0 N–H and O–H groups in total. The molecule has 0 nitrogen and oxygen atoms in total. The summed E-state index contributed by atoms with van der Waals surface area (Å²) in [7, 11) is 0. The molecule has 1 atom stereocenters. The zero-order chi connectivity index (χ0) is 16.4. The Hall–Kier alpha value is -1.04. The van der Waals surface area contributed by atoms with Gasteiger partial charge in [-0.1, -0.05) is 88.8 Å². The van der Waals surface area contributed by atoms with Gasteiger partial charge in [-0.25, -0.2) is 0 Å². The molecule has 1 aromatic rings. The van der Waals surface area contributed by atoms with Gasteiger partial charge in [0.05, 0.1) is 0 Å². The molecular weight excluding hydrogens is 264 g/mol. The van der Waals surface area contributed by atoms with Gasteiger partial charge in [0.1, 0.15) is 0 Å². The van der Waals surface area contributed by atoms with E-state index in [1.54, 1.807) is 11.1 Å². The fourth-order valence-electron chi connectivity index (χ4n) is 3.46. The topological polar surface area (TPSA) is 0 Å². The summed E-state index contributed by atoms with van der Waals surface area (Å²) in [6, 6.07) is 9.21. The van der Waals surface area contributed by atoms with Gasteiger partial charge >= 0.3 is 0 Å². The van der Waals surface area contributed by atoms with Crippen molar-refractivity contribution in [2.75, 3.05) is 0 Å². The van der Waals surface area contributed by atoms with Crippen LogP contribution in [0.15, 0.2) is 29.8 Å². The third-order valence-electron chi connectivity index (χ3n) is 4.90. The second kappa shape index (κ2) is 10.6. The van der Waals surface area contributed by atoms with E-state index < -0.39 is 0 Å². The Labute approximate surface area is 139 Å². The molecule has 1 rings (SSSR count). The molecule has 0 amide bonds. The van der Waals surface area contributed by atoms with Gasteiger partial charge < -0.3 is 0 Å². The molecule has 0 spiro atoms. The van der Waals surface area contributed by atoms with Gasteiger partial charge in [-0.15, -0.1) is 0 Å². The van der Waals surface area contributed by atoms with Gasteiger partial charge in [0, 0.05) is 0 Å². The number of allylic oxidation sites excluding steroid dienone is 2. The predicted molar refractivity (Wildman–Crippen MR) is 101 cm³/mol. The molecule has 0 aliphatic carbocycles. The summed E-state index contributed by atoms with van der Waals surface area (Å²) in [6.07, 6.45) is 10.5. The van der Waals surface area contributed by atoms with Gasteiger partial charge in [-0.2, -0.15) is 0 Å². The molecule has 1 unspecified atom stereocenters. The Bertz CT molecular complexity index is 430. The molecule has 0 aromatic heterocycles. The fraction of sp³-hybridized carbons (Fsp3) is 0.636. The van der Waals surface area contributed by atoms with E-state index in [9.17, 15) is 0 Å². The van der Waals surface area contributed by atoms with E-state index in [0.29, 0.717) is 0 Å². The first-order chi connectivity index (χ1) is 10.7. The van der Waals surface area contributed by atoms with E-state index in [1.165, 1.54) is 62.5 Å². The van der Waals surface area contributed by atoms with E-state index >= 15 is 0 Å². The maximum atomic E-state index is 2.36. The van der Waals surface area contributed by atoms with Gasteiger partial charge in [0.15, 0.2) is 0 Å². The molecule has 0 heteroatoms. The van der Waals surface area contributed by atoms with Crippen molar-refractivity contribution in [1.82, 2.24) is 0 Å². The molecule has 0 aliphatic rings. The van der Waals surface area contributed by atoms with Gasteiger partial charge in [0.2, 0.25) is 0 Å². The SMILES string of the molecule is CCCCCCC(CC)C(=C(CC)CC)c1ccc(C)cc1. The summed E-state index contributed by atoms with van der Waals surface area (Å²) < 4.78 is 0. The fourth-order valence-corrected chi connectivity index (χ4v) is 3.46. The lowest BCUT2D eigenvalue weighted by molar-refractivity contribution is 0.526. The largest absolute Gasteiger partial charge is 0.0667 e. The summed E-state index contributed by atoms with van der Waals surface area (Å²) in [6.45, 7) is 11.5. The van der Waals surface area contributed by atoms with Gasteiger partial charge in [-0.3, -0.25) is 0 Å². The Morgan fingerprint density at radius 1 is 0.864 bits per heavy atom. The lowest BCUT2D eigenvalue weighted by atomic mass is 9.82. The average Bonchev–Trinajstić information content (AvgIpc) is 2.55. The smallest absolute Gasteiger partial charge is 0.0159 e. The highest BCUT2D eigenvalue weighted by atomic mass is 14.2. The van der Waals surface area contributed by atoms with Crippen molar-refractivity contribution in [3.05, 3.63) is 41.0 Å². The quantitative estimate of drug-likeness (QED) is 0.391. The second-order valence-electron chi connectivity index (χ2n) is 6.54. The van der Waals surface area contributed by atoms with Crippen LogP contribution in [0.5, 0.6) is 0 Å². The molecule has 22 heavy (non-hydrogen) atoms. The summed E-state index contributed by atoms with van der Waals surface area (Å²) in [4.78, 5) is 0. The van der Waals surface area contributed by atoms with Crippen molar-refractivity contribution in [1.29, 1.82) is 0 Å². The Morgan fingerprint density at radius 3 is 2.00 bits per heavy atom. The zero-order valence-corrected chi connectivity index (χ0v) is 15.5. The highest BCUT2D eigenvalue weighted by Crippen LogP contribution is 2.35. The molecule has 1 aromatic carbocycles. The molecule has 0 radical (unpaired) electrons. The maximum absolute atomic E-state index is 2.36. The monoisotopic (exact) mass is 300 g/mol.